The molecule has 8 aromatic heterocycles. The SMILES string of the molecule is COc1cc([N+](=O)[O-])c2ncccc2c1.Cc1cc(N)c2ncccc2c1.Cc1cc(N2CCN(Cc3ccccc3)CC2)c2ncccc2c1.Cc1cc(N2CCNCC2)c2ncccc2c1.Cc1cc([N+](=O)[O-])c2ncccc2c1.O=[N+]([O-])c1cc(O)cc2cccnc12.[C-]#[N+]c1ccc2c(c1)c(C1CCC(N3CCN(c4cc(C)cc5cccnc45)CC3)CC1)cn2C. The molecule has 9 aromatic carbocycles. The summed E-state index contributed by atoms with van der Waals surface area (Å²) in [6.45, 7) is 31.7. The maximum atomic E-state index is 10.8. The Kier molecular flexibility index (Phi) is 29.1. The first-order valence-electron chi connectivity index (χ1n) is 44.0. The number of aromatic hydroxyl groups is 1. The molecule has 0 radical (unpaired) electrons. The predicted octanol–water partition coefficient (Wildman–Crippen LogP) is 20.8. The molecule has 0 atom stereocenters. The number of benzene rings is 9. The minimum atomic E-state index is -0.560. The number of nitrogens with zero attached hydrogens (tertiary/aromatic N) is 17. The summed E-state index contributed by atoms with van der Waals surface area (Å²) in [5.74, 6) is 0.932. The molecule has 0 unspecified atom stereocenters. The summed E-state index contributed by atoms with van der Waals surface area (Å²) in [6.07, 6.45) is 19.3. The summed E-state index contributed by atoms with van der Waals surface area (Å²) in [5, 5.41) is 52.9. The Morgan fingerprint density at radius 3 is 1.31 bits per heavy atom. The number of aromatic nitrogens is 8. The van der Waals surface area contributed by atoms with E-state index in [9.17, 15) is 35.4 Å². The van der Waals surface area contributed by atoms with E-state index in [2.05, 4.69) is 206 Å². The number of phenolic OH excluding ortho intramolecular Hbond substituents is 1. The fourth-order valence-electron chi connectivity index (χ4n) is 18.0. The third-order valence-electron chi connectivity index (χ3n) is 24.2. The van der Waals surface area contributed by atoms with Crippen LogP contribution in [-0.2, 0) is 13.6 Å². The highest BCUT2D eigenvalue weighted by Crippen LogP contribution is 2.42. The number of piperazine rings is 3. The molecule has 131 heavy (non-hydrogen) atoms. The fraction of sp³-hybridized carbons (Fsp3) is 0.250. The first kappa shape index (κ1) is 90.5. The van der Waals surface area contributed by atoms with E-state index < -0.39 is 14.8 Å². The summed E-state index contributed by atoms with van der Waals surface area (Å²) in [4.78, 5) is 77.1. The first-order valence-corrected chi connectivity index (χ1v) is 44.0. The monoisotopic (exact) mass is 1750 g/mol. The zero-order valence-electron chi connectivity index (χ0n) is 74.6. The molecule has 1 aliphatic carbocycles. The van der Waals surface area contributed by atoms with Gasteiger partial charge in [0.2, 0.25) is 0 Å². The molecule has 0 bridgehead atoms. The highest BCUT2D eigenvalue weighted by molar-refractivity contribution is 5.96. The van der Waals surface area contributed by atoms with Gasteiger partial charge in [0.1, 0.15) is 28.0 Å². The van der Waals surface area contributed by atoms with E-state index >= 15 is 0 Å². The van der Waals surface area contributed by atoms with Crippen LogP contribution in [0, 0.1) is 71.5 Å². The van der Waals surface area contributed by atoms with Gasteiger partial charge in [-0.1, -0.05) is 78.9 Å². The lowest BCUT2D eigenvalue weighted by molar-refractivity contribution is -0.383. The number of fused-ring (bicyclic) bond motifs is 8. The van der Waals surface area contributed by atoms with Crippen LogP contribution in [0.2, 0.25) is 0 Å². The third kappa shape index (κ3) is 22.1. The second-order valence-corrected chi connectivity index (χ2v) is 33.4. The summed E-state index contributed by atoms with van der Waals surface area (Å²) in [7, 11) is 3.60. The van der Waals surface area contributed by atoms with Gasteiger partial charge >= 0.3 is 0 Å². The second kappa shape index (κ2) is 42.1. The number of nitrogens with one attached hydrogen (secondary N) is 1. The highest BCUT2D eigenvalue weighted by Gasteiger charge is 2.32. The van der Waals surface area contributed by atoms with Crippen molar-refractivity contribution in [3.8, 4) is 11.5 Å². The smallest absolute Gasteiger partial charge is 0.299 e. The minimum Gasteiger partial charge on any atom is -0.508 e. The number of ether oxygens (including phenoxy) is 1. The molecule has 11 heterocycles. The summed E-state index contributed by atoms with van der Waals surface area (Å²) in [5.41, 5.74) is 26.4. The zero-order valence-corrected chi connectivity index (χ0v) is 74.6. The number of hydrogen-bond donors (Lipinski definition) is 3. The molecule has 1 saturated carbocycles. The van der Waals surface area contributed by atoms with E-state index in [4.69, 9.17) is 22.0 Å². The first-order chi connectivity index (χ1) is 63.6. The van der Waals surface area contributed by atoms with Crippen LogP contribution >= 0.6 is 0 Å². The maximum absolute atomic E-state index is 10.8. The van der Waals surface area contributed by atoms with Crippen LogP contribution in [0.4, 0.5) is 45.5 Å². The van der Waals surface area contributed by atoms with Crippen molar-refractivity contribution in [2.24, 2.45) is 7.05 Å². The largest absolute Gasteiger partial charge is 0.508 e. The van der Waals surface area contributed by atoms with Crippen molar-refractivity contribution in [2.45, 2.75) is 78.8 Å². The number of aryl methyl sites for hydroxylation is 6. The molecule has 3 saturated heterocycles. The van der Waals surface area contributed by atoms with Crippen molar-refractivity contribution >= 4 is 133 Å². The molecule has 3 aliphatic heterocycles. The number of non-ortho nitro benzene ring substituents is 3. The van der Waals surface area contributed by atoms with Crippen LogP contribution in [0.25, 0.3) is 92.1 Å². The number of rotatable bonds is 11. The molecule has 21 rings (SSSR count). The lowest BCUT2D eigenvalue weighted by atomic mass is 9.81. The van der Waals surface area contributed by atoms with Crippen LogP contribution < -0.4 is 30.5 Å². The van der Waals surface area contributed by atoms with E-state index in [0.29, 0.717) is 39.5 Å². The topological polar surface area (TPSA) is 313 Å². The minimum absolute atomic E-state index is 0.0371. The Morgan fingerprint density at radius 1 is 0.443 bits per heavy atom. The molecule has 664 valence electrons. The second-order valence-electron chi connectivity index (χ2n) is 33.4. The van der Waals surface area contributed by atoms with Gasteiger partial charge in [-0.05, 0) is 232 Å². The Balaban J connectivity index is 0.000000121. The Morgan fingerprint density at radius 2 is 0.840 bits per heavy atom. The molecule has 4 fully saturated rings. The van der Waals surface area contributed by atoms with Gasteiger partial charge in [-0.3, -0.25) is 60.1 Å². The van der Waals surface area contributed by atoms with Gasteiger partial charge in [0.15, 0.2) is 5.69 Å². The fourth-order valence-corrected chi connectivity index (χ4v) is 18.0. The van der Waals surface area contributed by atoms with Crippen molar-refractivity contribution in [1.29, 1.82) is 0 Å². The number of nitrogens with two attached hydrogens (primary N) is 1. The molecule has 17 aromatic rings. The molecule has 4 aliphatic rings. The van der Waals surface area contributed by atoms with Gasteiger partial charge in [0.25, 0.3) is 17.1 Å². The number of hydrogen-bond acceptors (Lipinski definition) is 22. The van der Waals surface area contributed by atoms with Crippen molar-refractivity contribution in [3.63, 3.8) is 0 Å². The number of pyridine rings is 7. The summed E-state index contributed by atoms with van der Waals surface area (Å²) in [6, 6.07) is 71.0. The average molecular weight is 1750 g/mol. The van der Waals surface area contributed by atoms with Crippen LogP contribution in [-0.4, -0.2) is 161 Å². The van der Waals surface area contributed by atoms with Gasteiger partial charge in [0, 0.05) is 197 Å². The number of methoxy groups -OCH3 is 1. The van der Waals surface area contributed by atoms with Gasteiger partial charge in [-0.15, -0.1) is 0 Å². The number of nitro benzene ring substituents is 3. The quantitative estimate of drug-likeness (QED) is 0.0469. The predicted molar refractivity (Wildman–Crippen MR) is 525 cm³/mol. The van der Waals surface area contributed by atoms with Gasteiger partial charge < -0.3 is 40.2 Å². The van der Waals surface area contributed by atoms with Crippen molar-refractivity contribution in [2.75, 3.05) is 106 Å². The zero-order chi connectivity index (χ0) is 91.6. The third-order valence-corrected chi connectivity index (χ3v) is 24.2. The standard InChI is InChI=1S/C30H33N5.C21H23N3.C14H17N3.C10H8N2O3.C10H8N2O2.C10H10N2.C9H6N2O3/c1-21-17-23-5-4-12-32-30(23)29(18-21)35-15-13-34(14-16-35)25-9-6-22(7-10-25)27-20-33(3)28-11-8-24(31-2)19-26(27)28;1-17-14-19-8-5-9-22-21(19)20(15-17)24-12-10-23(11-13-24)16-18-6-3-2-4-7-18;1-11-9-12-3-2-4-16-14(12)13(10-11)17-7-5-15-6-8-17;1-15-8-5-7-3-2-4-11-10(7)9(6-8)12(13)14;1-7-5-8-3-2-4-11-10(8)9(6-7)12(13)14;1-7-5-8-3-2-4-12-10(8)9(11)6-7;12-7-4-6-2-1-3-10-9(6)8(5-7)11(13)14/h4-5,8,11-12,17-20,22,25H,6-7,9-10,13-16H2,1,3H3;2-9,14-15H,10-13,16H2,1H3;2-4,9-10,15H,5-8H2,1H3;2-6H,1H3;2-6H,1H3;2-6H,11H2,1H3;1-5,12H. The molecule has 27 heteroatoms. The molecule has 0 spiro atoms. The normalized spacial score (nSPS) is 15.1. The molecular weight excluding hydrogens is 1640 g/mol. The number of nitrogen functional groups attached to an aromatic ring is 1. The van der Waals surface area contributed by atoms with Crippen LogP contribution in [0.15, 0.2) is 268 Å². The number of nitro groups is 3. The van der Waals surface area contributed by atoms with Crippen molar-refractivity contribution in [3.05, 3.63) is 349 Å². The lowest BCUT2D eigenvalue weighted by Crippen LogP contribution is -2.51. The van der Waals surface area contributed by atoms with E-state index in [1.54, 1.807) is 48.8 Å². The van der Waals surface area contributed by atoms with E-state index in [1.165, 1.54) is 141 Å². The number of anilines is 4. The Bertz CT molecular complexity index is 6910. The van der Waals surface area contributed by atoms with Gasteiger partial charge in [0.05, 0.1) is 85.4 Å². The highest BCUT2D eigenvalue weighted by atomic mass is 16.6. The van der Waals surface area contributed by atoms with Crippen LogP contribution in [0.5, 0.6) is 11.5 Å². The molecule has 27 nitrogen and oxygen atoms in total. The van der Waals surface area contributed by atoms with Crippen molar-refractivity contribution < 1.29 is 24.6 Å². The Labute approximate surface area is 759 Å². The average Bonchev–Trinajstić information content (AvgIpc) is 1.62. The maximum Gasteiger partial charge on any atom is 0.299 e. The molecule has 4 N–H and O–H groups in total. The van der Waals surface area contributed by atoms with E-state index in [-0.39, 0.29) is 28.3 Å². The van der Waals surface area contributed by atoms with Crippen LogP contribution in [0.3, 0.4) is 0 Å². The van der Waals surface area contributed by atoms with Crippen LogP contribution in [0.1, 0.15) is 70.5 Å². The summed E-state index contributed by atoms with van der Waals surface area (Å²) >= 11 is 0. The molecule has 0 amide bonds. The summed E-state index contributed by atoms with van der Waals surface area (Å²) < 4.78 is 7.21. The number of phenols is 1. The van der Waals surface area contributed by atoms with E-state index in [1.807, 2.05) is 87.0 Å². The Hall–Kier alpha value is -15.2. The van der Waals surface area contributed by atoms with Crippen molar-refractivity contribution in [1.82, 2.24) is 54.6 Å². The lowest BCUT2D eigenvalue weighted by Gasteiger charge is -2.43. The van der Waals surface area contributed by atoms with Gasteiger partial charge in [-0.25, -0.2) is 19.8 Å². The van der Waals surface area contributed by atoms with E-state index in [0.717, 1.165) is 141 Å². The molecular formula is C104H105N19O8. The van der Waals surface area contributed by atoms with Gasteiger partial charge in [-0.2, -0.15) is 0 Å².